The molecule has 4 nitrogen and oxygen atoms in total. The predicted octanol–water partition coefficient (Wildman–Crippen LogP) is 3.41. The summed E-state index contributed by atoms with van der Waals surface area (Å²) in [7, 11) is 0. The van der Waals surface area contributed by atoms with Crippen LogP contribution in [-0.4, -0.2) is 17.7 Å². The zero-order chi connectivity index (χ0) is 16.0. The van der Waals surface area contributed by atoms with Gasteiger partial charge in [0.15, 0.2) is 5.17 Å². The minimum atomic E-state index is -0.268. The number of carbonyl (C=O) groups is 1. The molecule has 1 heterocycles. The van der Waals surface area contributed by atoms with E-state index >= 15 is 0 Å². The van der Waals surface area contributed by atoms with Gasteiger partial charge in [-0.1, -0.05) is 36.4 Å². The van der Waals surface area contributed by atoms with Gasteiger partial charge in [0.25, 0.3) is 5.91 Å². The minimum absolute atomic E-state index is 0.268. The highest BCUT2D eigenvalue weighted by Crippen LogP contribution is 2.55. The highest BCUT2D eigenvalue weighted by atomic mass is 32.2. The first-order valence-electron chi connectivity index (χ1n) is 7.37. The maximum atomic E-state index is 12.1. The van der Waals surface area contributed by atoms with Gasteiger partial charge in [0, 0.05) is 16.7 Å². The Morgan fingerprint density at radius 3 is 2.52 bits per heavy atom. The van der Waals surface area contributed by atoms with Crippen LogP contribution < -0.4 is 10.5 Å². The van der Waals surface area contributed by atoms with Crippen LogP contribution in [0.1, 0.15) is 18.1 Å². The van der Waals surface area contributed by atoms with Crippen molar-refractivity contribution in [3.8, 4) is 16.9 Å². The van der Waals surface area contributed by atoms with Gasteiger partial charge in [-0.25, -0.2) is 0 Å². The molecule has 0 fully saturated rings. The van der Waals surface area contributed by atoms with E-state index in [1.165, 1.54) is 11.8 Å². The number of aliphatic imine (C=N–C) groups is 1. The molecule has 2 aromatic rings. The molecule has 0 aromatic heterocycles. The van der Waals surface area contributed by atoms with Crippen molar-refractivity contribution in [2.75, 3.05) is 6.61 Å². The molecule has 2 N–H and O–H groups in total. The quantitative estimate of drug-likeness (QED) is 0.751. The van der Waals surface area contributed by atoms with Crippen LogP contribution in [0, 0.1) is 0 Å². The highest BCUT2D eigenvalue weighted by molar-refractivity contribution is 8.18. The molecule has 4 rings (SSSR count). The maximum absolute atomic E-state index is 12.1. The fourth-order valence-electron chi connectivity index (χ4n) is 2.97. The lowest BCUT2D eigenvalue weighted by atomic mass is 9.78. The molecule has 2 aliphatic rings. The van der Waals surface area contributed by atoms with Gasteiger partial charge in [-0.15, -0.1) is 0 Å². The third-order valence-electron chi connectivity index (χ3n) is 3.89. The summed E-state index contributed by atoms with van der Waals surface area (Å²) in [4.78, 5) is 16.5. The minimum Gasteiger partial charge on any atom is -0.493 e. The molecule has 2 bridgehead atoms. The van der Waals surface area contributed by atoms with Crippen molar-refractivity contribution in [2.45, 2.75) is 6.92 Å². The highest BCUT2D eigenvalue weighted by Gasteiger charge is 2.37. The number of thioether (sulfide) groups is 1. The van der Waals surface area contributed by atoms with E-state index in [9.17, 15) is 4.79 Å². The lowest BCUT2D eigenvalue weighted by molar-refractivity contribution is -0.113. The molecular formula is C18H14N2O2S. The van der Waals surface area contributed by atoms with Crippen LogP contribution in [-0.2, 0) is 4.79 Å². The Morgan fingerprint density at radius 2 is 1.87 bits per heavy atom. The number of amides is 1. The number of hydrogen-bond acceptors (Lipinski definition) is 4. The van der Waals surface area contributed by atoms with E-state index in [1.54, 1.807) is 0 Å². The normalized spacial score (nSPS) is 18.7. The van der Waals surface area contributed by atoms with E-state index in [4.69, 9.17) is 10.5 Å². The number of benzene rings is 2. The Balaban J connectivity index is 1.91. The number of nitrogens with two attached hydrogens (primary N) is 1. The molecule has 1 aliphatic heterocycles. The van der Waals surface area contributed by atoms with E-state index in [2.05, 4.69) is 23.2 Å². The fourth-order valence-corrected chi connectivity index (χ4v) is 3.75. The Morgan fingerprint density at radius 1 is 1.13 bits per heavy atom. The molecule has 0 radical (unpaired) electrons. The van der Waals surface area contributed by atoms with Crippen LogP contribution in [0.2, 0.25) is 0 Å². The van der Waals surface area contributed by atoms with E-state index in [0.717, 1.165) is 33.6 Å². The Hall–Kier alpha value is -2.53. The van der Waals surface area contributed by atoms with Gasteiger partial charge in [-0.05, 0) is 35.9 Å². The second-order valence-corrected chi connectivity index (χ2v) is 6.26. The predicted molar refractivity (Wildman–Crippen MR) is 93.3 cm³/mol. The van der Waals surface area contributed by atoms with Crippen molar-refractivity contribution in [3.63, 3.8) is 0 Å². The van der Waals surface area contributed by atoms with Crippen molar-refractivity contribution in [1.29, 1.82) is 0 Å². The third kappa shape index (κ3) is 2.08. The van der Waals surface area contributed by atoms with Gasteiger partial charge < -0.3 is 10.5 Å². The summed E-state index contributed by atoms with van der Waals surface area (Å²) in [6.45, 7) is 2.54. The van der Waals surface area contributed by atoms with E-state index in [-0.39, 0.29) is 5.91 Å². The molecule has 0 saturated carbocycles. The topological polar surface area (TPSA) is 64.7 Å². The lowest BCUT2D eigenvalue weighted by Crippen LogP contribution is -2.14. The van der Waals surface area contributed by atoms with Gasteiger partial charge in [-0.2, -0.15) is 4.99 Å². The summed E-state index contributed by atoms with van der Waals surface area (Å²) >= 11 is 1.23. The molecule has 114 valence electrons. The first-order chi connectivity index (χ1) is 11.2. The average molecular weight is 322 g/mol. The summed E-state index contributed by atoms with van der Waals surface area (Å²) in [5, 5.41) is 0.298. The molecule has 0 unspecified atom stereocenters. The fraction of sp³-hybridized carbons (Fsp3) is 0.111. The van der Waals surface area contributed by atoms with E-state index in [1.807, 2.05) is 31.2 Å². The monoisotopic (exact) mass is 322 g/mol. The van der Waals surface area contributed by atoms with Crippen LogP contribution >= 0.6 is 11.8 Å². The van der Waals surface area contributed by atoms with Crippen LogP contribution in [0.5, 0.6) is 5.75 Å². The van der Waals surface area contributed by atoms with Crippen molar-refractivity contribution in [1.82, 2.24) is 0 Å². The van der Waals surface area contributed by atoms with Gasteiger partial charge in [0.2, 0.25) is 0 Å². The number of amidine groups is 1. The number of carbonyl (C=O) groups excluding carboxylic acids is 1. The van der Waals surface area contributed by atoms with E-state index < -0.39 is 0 Å². The lowest BCUT2D eigenvalue weighted by Gasteiger charge is -2.30. The smallest absolute Gasteiger partial charge is 0.286 e. The van der Waals surface area contributed by atoms with Crippen LogP contribution in [0.3, 0.4) is 0 Å². The summed E-state index contributed by atoms with van der Waals surface area (Å²) < 4.78 is 5.80. The van der Waals surface area contributed by atoms with E-state index in [0.29, 0.717) is 16.7 Å². The summed E-state index contributed by atoms with van der Waals surface area (Å²) in [6.07, 6.45) is 0. The van der Waals surface area contributed by atoms with Crippen LogP contribution in [0.4, 0.5) is 0 Å². The number of hydrogen-bond donors (Lipinski definition) is 1. The standard InChI is InChI=1S/C18H14N2O2S/c1-2-22-15-12-9-8-11(10-6-4-3-5-7-10)13(15)14(12)16-17(21)20-18(19)23-16/h3-9H,2H2,1H3,(H2,19,20,21)/b16-14-. The summed E-state index contributed by atoms with van der Waals surface area (Å²) in [5.74, 6) is 0.589. The molecular weight excluding hydrogens is 308 g/mol. The molecule has 0 saturated heterocycles. The van der Waals surface area contributed by atoms with Crippen LogP contribution in [0.15, 0.2) is 52.4 Å². The zero-order valence-corrected chi connectivity index (χ0v) is 13.3. The Bertz CT molecular complexity index is 885. The van der Waals surface area contributed by atoms with Crippen molar-refractivity contribution < 1.29 is 9.53 Å². The Kier molecular flexibility index (Phi) is 3.23. The van der Waals surface area contributed by atoms with Gasteiger partial charge in [0.1, 0.15) is 5.75 Å². The van der Waals surface area contributed by atoms with Crippen LogP contribution in [0.25, 0.3) is 16.7 Å². The van der Waals surface area contributed by atoms with Crippen molar-refractivity contribution in [3.05, 3.63) is 58.5 Å². The SMILES string of the molecule is CCOc1c2ccc(-c3ccccc3)c1/C2=C1\SC(N)=NC1=O. The Labute approximate surface area is 138 Å². The summed E-state index contributed by atoms with van der Waals surface area (Å²) in [5.41, 5.74) is 10.7. The maximum Gasteiger partial charge on any atom is 0.286 e. The number of fused-ring (bicyclic) bond motifs is 2. The average Bonchev–Trinajstić information content (AvgIpc) is 2.90. The first kappa shape index (κ1) is 14.1. The second-order valence-electron chi connectivity index (χ2n) is 5.23. The molecule has 5 heteroatoms. The zero-order valence-electron chi connectivity index (χ0n) is 12.5. The second kappa shape index (κ2) is 5.28. The van der Waals surface area contributed by atoms with Gasteiger partial charge in [0.05, 0.1) is 11.5 Å². The number of nitrogens with zero attached hydrogens (tertiary/aromatic N) is 1. The van der Waals surface area contributed by atoms with Gasteiger partial charge in [-0.3, -0.25) is 4.79 Å². The molecule has 1 aliphatic carbocycles. The molecule has 2 aromatic carbocycles. The molecule has 1 amide bonds. The summed E-state index contributed by atoms with van der Waals surface area (Å²) in [6, 6.07) is 14.2. The van der Waals surface area contributed by atoms with Gasteiger partial charge >= 0.3 is 0 Å². The number of rotatable bonds is 3. The van der Waals surface area contributed by atoms with Crippen molar-refractivity contribution >= 4 is 28.4 Å². The largest absolute Gasteiger partial charge is 0.493 e. The number of ether oxygens (including phenoxy) is 1. The first-order valence-corrected chi connectivity index (χ1v) is 8.19. The van der Waals surface area contributed by atoms with Crippen molar-refractivity contribution in [2.24, 2.45) is 10.7 Å². The third-order valence-corrected chi connectivity index (χ3v) is 4.77. The molecule has 0 spiro atoms. The molecule has 0 atom stereocenters. The molecule has 23 heavy (non-hydrogen) atoms.